The van der Waals surface area contributed by atoms with E-state index >= 15 is 4.39 Å². The molecule has 1 aliphatic heterocycles. The molecule has 1 fully saturated rings. The van der Waals surface area contributed by atoms with E-state index in [0.29, 0.717) is 12.2 Å². The summed E-state index contributed by atoms with van der Waals surface area (Å²) in [5.74, 6) is 0.849. The summed E-state index contributed by atoms with van der Waals surface area (Å²) < 4.78 is 67.4. The smallest absolute Gasteiger partial charge is 0.416 e. The van der Waals surface area contributed by atoms with Gasteiger partial charge in [-0.2, -0.15) is 13.2 Å². The highest BCUT2D eigenvalue weighted by atomic mass is 19.4. The molecule has 0 amide bonds. The predicted octanol–water partition coefficient (Wildman–Crippen LogP) is 7.87. The van der Waals surface area contributed by atoms with Crippen LogP contribution >= 0.6 is 0 Å². The lowest BCUT2D eigenvalue weighted by Crippen LogP contribution is -2.31. The number of piperidine rings is 1. The molecule has 1 aliphatic carbocycles. The normalized spacial score (nSPS) is 20.1. The van der Waals surface area contributed by atoms with Gasteiger partial charge in [-0.1, -0.05) is 38.1 Å². The fourth-order valence-corrected chi connectivity index (χ4v) is 5.87. The van der Waals surface area contributed by atoms with Crippen molar-refractivity contribution in [1.29, 1.82) is 0 Å². The van der Waals surface area contributed by atoms with Crippen LogP contribution in [0.1, 0.15) is 90.5 Å². The third-order valence-corrected chi connectivity index (χ3v) is 8.07. The van der Waals surface area contributed by atoms with Crippen molar-refractivity contribution >= 4 is 0 Å². The van der Waals surface area contributed by atoms with Crippen LogP contribution in [0.4, 0.5) is 17.6 Å². The van der Waals surface area contributed by atoms with Crippen LogP contribution in [-0.2, 0) is 23.9 Å². The maximum Gasteiger partial charge on any atom is 0.416 e. The minimum Gasteiger partial charge on any atom is -0.497 e. The standard InChI is InChI=1S/C32H36F4N2O2/c1-31(2)17-27-25(28(18-31)40-19-20-4-10-24(39-3)11-5-20)16-26(30(38-27)22-12-14-37-15-13-22)29(33)21-6-8-23(9-7-21)32(34,35)36/h4-11,16,22,28-29,37H,12-15,17-19H2,1-3H3. The van der Waals surface area contributed by atoms with Gasteiger partial charge in [0.1, 0.15) is 5.75 Å². The molecule has 0 radical (unpaired) electrons. The molecule has 5 rings (SSSR count). The number of aromatic nitrogens is 1. The highest BCUT2D eigenvalue weighted by Crippen LogP contribution is 2.46. The Hall–Kier alpha value is -2.97. The highest BCUT2D eigenvalue weighted by molar-refractivity contribution is 5.42. The molecule has 214 valence electrons. The zero-order valence-electron chi connectivity index (χ0n) is 23.2. The van der Waals surface area contributed by atoms with E-state index in [1.807, 2.05) is 30.3 Å². The Bertz CT molecular complexity index is 1300. The first-order valence-corrected chi connectivity index (χ1v) is 13.8. The van der Waals surface area contributed by atoms with Gasteiger partial charge in [0.25, 0.3) is 0 Å². The summed E-state index contributed by atoms with van der Waals surface area (Å²) in [6, 6.07) is 13.9. The van der Waals surface area contributed by atoms with Crippen LogP contribution < -0.4 is 10.1 Å². The van der Waals surface area contributed by atoms with E-state index in [9.17, 15) is 13.2 Å². The lowest BCUT2D eigenvalue weighted by molar-refractivity contribution is -0.137. The molecule has 4 nitrogen and oxygen atoms in total. The molecule has 0 spiro atoms. The van der Waals surface area contributed by atoms with Crippen molar-refractivity contribution in [3.05, 3.63) is 93.8 Å². The number of halogens is 4. The maximum atomic E-state index is 16.3. The third-order valence-electron chi connectivity index (χ3n) is 8.07. The Balaban J connectivity index is 1.51. The number of methoxy groups -OCH3 is 1. The molecule has 2 heterocycles. The second-order valence-corrected chi connectivity index (χ2v) is 11.7. The van der Waals surface area contributed by atoms with E-state index in [4.69, 9.17) is 14.5 Å². The van der Waals surface area contributed by atoms with E-state index in [1.165, 1.54) is 12.1 Å². The monoisotopic (exact) mass is 556 g/mol. The second kappa shape index (κ2) is 11.5. The molecule has 1 N–H and O–H groups in total. The summed E-state index contributed by atoms with van der Waals surface area (Å²) in [6.07, 6.45) is -3.18. The van der Waals surface area contributed by atoms with Gasteiger partial charge in [-0.05, 0) is 85.6 Å². The first-order chi connectivity index (χ1) is 19.0. The van der Waals surface area contributed by atoms with Gasteiger partial charge in [-0.3, -0.25) is 4.98 Å². The average Bonchev–Trinajstić information content (AvgIpc) is 2.94. The number of fused-ring (bicyclic) bond motifs is 1. The SMILES string of the molecule is COc1ccc(COC2CC(C)(C)Cc3nc(C4CCNCC4)c(C(F)c4ccc(C(F)(F)F)cc4)cc32)cc1. The molecule has 2 atom stereocenters. The molecule has 1 saturated heterocycles. The van der Waals surface area contributed by atoms with Crippen molar-refractivity contribution in [2.75, 3.05) is 20.2 Å². The van der Waals surface area contributed by atoms with Crippen LogP contribution in [-0.4, -0.2) is 25.2 Å². The second-order valence-electron chi connectivity index (χ2n) is 11.7. The number of pyridine rings is 1. The highest BCUT2D eigenvalue weighted by Gasteiger charge is 2.37. The van der Waals surface area contributed by atoms with Crippen LogP contribution in [0.3, 0.4) is 0 Å². The summed E-state index contributed by atoms with van der Waals surface area (Å²) in [7, 11) is 1.62. The number of rotatable bonds is 7. The number of nitrogens with zero attached hydrogens (tertiary/aromatic N) is 1. The largest absolute Gasteiger partial charge is 0.497 e. The fraction of sp³-hybridized carbons (Fsp3) is 0.469. The molecule has 40 heavy (non-hydrogen) atoms. The van der Waals surface area contributed by atoms with Gasteiger partial charge < -0.3 is 14.8 Å². The molecule has 0 saturated carbocycles. The predicted molar refractivity (Wildman–Crippen MR) is 146 cm³/mol. The van der Waals surface area contributed by atoms with Crippen molar-refractivity contribution in [2.24, 2.45) is 5.41 Å². The van der Waals surface area contributed by atoms with Crippen molar-refractivity contribution in [1.82, 2.24) is 10.3 Å². The number of ether oxygens (including phenoxy) is 2. The van der Waals surface area contributed by atoms with Crippen molar-refractivity contribution in [3.8, 4) is 5.75 Å². The lowest BCUT2D eigenvalue weighted by Gasteiger charge is -2.38. The lowest BCUT2D eigenvalue weighted by atomic mass is 9.73. The zero-order chi connectivity index (χ0) is 28.5. The van der Waals surface area contributed by atoms with Gasteiger partial charge in [0.2, 0.25) is 0 Å². The minimum absolute atomic E-state index is 0.0555. The molecule has 2 aromatic carbocycles. The first-order valence-electron chi connectivity index (χ1n) is 13.8. The van der Waals surface area contributed by atoms with E-state index in [1.54, 1.807) is 7.11 Å². The van der Waals surface area contributed by atoms with Crippen molar-refractivity contribution < 1.29 is 27.0 Å². The summed E-state index contributed by atoms with van der Waals surface area (Å²) in [4.78, 5) is 5.12. The number of hydrogen-bond donors (Lipinski definition) is 1. The molecule has 3 aromatic rings. The molecule has 2 unspecified atom stereocenters. The number of nitrogens with one attached hydrogen (secondary N) is 1. The van der Waals surface area contributed by atoms with Gasteiger partial charge in [0.05, 0.1) is 31.1 Å². The van der Waals surface area contributed by atoms with E-state index < -0.39 is 17.9 Å². The van der Waals surface area contributed by atoms with Crippen LogP contribution in [0.5, 0.6) is 5.75 Å². The Morgan fingerprint density at radius 2 is 1.70 bits per heavy atom. The molecular weight excluding hydrogens is 520 g/mol. The maximum absolute atomic E-state index is 16.3. The summed E-state index contributed by atoms with van der Waals surface area (Å²) in [5.41, 5.74) is 3.29. The first kappa shape index (κ1) is 28.6. The Morgan fingerprint density at radius 3 is 2.33 bits per heavy atom. The fourth-order valence-electron chi connectivity index (χ4n) is 5.87. The van der Waals surface area contributed by atoms with Crippen molar-refractivity contribution in [3.63, 3.8) is 0 Å². The summed E-state index contributed by atoms with van der Waals surface area (Å²) >= 11 is 0. The van der Waals surface area contributed by atoms with Crippen LogP contribution in [0, 0.1) is 5.41 Å². The Kier molecular flexibility index (Phi) is 8.20. The minimum atomic E-state index is -4.47. The molecule has 0 bridgehead atoms. The number of alkyl halides is 4. The van der Waals surface area contributed by atoms with Gasteiger partial charge >= 0.3 is 6.18 Å². The quantitative estimate of drug-likeness (QED) is 0.301. The number of hydrogen-bond acceptors (Lipinski definition) is 4. The number of benzene rings is 2. The van der Waals surface area contributed by atoms with Gasteiger partial charge in [-0.25, -0.2) is 4.39 Å². The van der Waals surface area contributed by atoms with Crippen LogP contribution in [0.25, 0.3) is 0 Å². The Labute approximate surface area is 233 Å². The third kappa shape index (κ3) is 6.33. The molecule has 1 aromatic heterocycles. The van der Waals surface area contributed by atoms with Gasteiger partial charge in [0, 0.05) is 22.7 Å². The zero-order valence-corrected chi connectivity index (χ0v) is 23.2. The molecule has 2 aliphatic rings. The van der Waals surface area contributed by atoms with Crippen LogP contribution in [0.2, 0.25) is 0 Å². The Morgan fingerprint density at radius 1 is 1.02 bits per heavy atom. The molecule has 8 heteroatoms. The van der Waals surface area contributed by atoms with Gasteiger partial charge in [-0.15, -0.1) is 0 Å². The summed E-state index contributed by atoms with van der Waals surface area (Å²) in [5, 5.41) is 3.35. The molecular formula is C32H36F4N2O2. The summed E-state index contributed by atoms with van der Waals surface area (Å²) in [6.45, 7) is 6.41. The van der Waals surface area contributed by atoms with E-state index in [-0.39, 0.29) is 23.0 Å². The van der Waals surface area contributed by atoms with E-state index in [2.05, 4.69) is 19.2 Å². The average molecular weight is 557 g/mol. The van der Waals surface area contributed by atoms with Crippen LogP contribution in [0.15, 0.2) is 54.6 Å². The topological polar surface area (TPSA) is 43.4 Å². The van der Waals surface area contributed by atoms with Gasteiger partial charge in [0.15, 0.2) is 6.17 Å². The van der Waals surface area contributed by atoms with Crippen molar-refractivity contribution in [2.45, 2.75) is 70.5 Å². The van der Waals surface area contributed by atoms with E-state index in [0.717, 1.165) is 79.2 Å².